The zero-order valence-electron chi connectivity index (χ0n) is 10.3. The standard InChI is InChI=1S/C14H18N2O2/c17-14(18)12-3-1-2-4-13(12)15-10-7-8-16(9-10)11-5-6-11/h1-4,10-11,15H,5-9H2,(H,17,18). The molecule has 4 nitrogen and oxygen atoms in total. The van der Waals surface area contributed by atoms with Crippen LogP contribution in [0.15, 0.2) is 24.3 Å². The quantitative estimate of drug-likeness (QED) is 0.853. The Kier molecular flexibility index (Phi) is 2.96. The van der Waals surface area contributed by atoms with Crippen LogP contribution >= 0.6 is 0 Å². The number of carboxylic acid groups (broad SMARTS) is 1. The third-order valence-electron chi connectivity index (χ3n) is 3.80. The molecule has 1 saturated heterocycles. The molecule has 96 valence electrons. The van der Waals surface area contributed by atoms with Crippen molar-refractivity contribution in [2.24, 2.45) is 0 Å². The van der Waals surface area contributed by atoms with Crippen molar-refractivity contribution in [1.82, 2.24) is 4.90 Å². The summed E-state index contributed by atoms with van der Waals surface area (Å²) in [5.74, 6) is -0.866. The van der Waals surface area contributed by atoms with E-state index < -0.39 is 5.97 Å². The van der Waals surface area contributed by atoms with Crippen LogP contribution in [0.25, 0.3) is 0 Å². The third kappa shape index (κ3) is 2.34. The molecule has 1 atom stereocenters. The van der Waals surface area contributed by atoms with Crippen molar-refractivity contribution in [3.05, 3.63) is 29.8 Å². The molecule has 0 spiro atoms. The summed E-state index contributed by atoms with van der Waals surface area (Å²) >= 11 is 0. The summed E-state index contributed by atoms with van der Waals surface area (Å²) in [7, 11) is 0. The number of nitrogens with zero attached hydrogens (tertiary/aromatic N) is 1. The summed E-state index contributed by atoms with van der Waals surface area (Å²) in [6.07, 6.45) is 3.77. The lowest BCUT2D eigenvalue weighted by molar-refractivity contribution is 0.0698. The number of nitrogens with one attached hydrogen (secondary N) is 1. The Morgan fingerprint density at radius 2 is 2.06 bits per heavy atom. The van der Waals surface area contributed by atoms with Gasteiger partial charge < -0.3 is 10.4 Å². The SMILES string of the molecule is O=C(O)c1ccccc1NC1CCN(C2CC2)C1. The molecule has 1 unspecified atom stereocenters. The monoisotopic (exact) mass is 246 g/mol. The second-order valence-electron chi connectivity index (χ2n) is 5.21. The molecule has 0 aromatic heterocycles. The largest absolute Gasteiger partial charge is 0.478 e. The highest BCUT2D eigenvalue weighted by Crippen LogP contribution is 2.30. The Labute approximate surface area is 107 Å². The van der Waals surface area contributed by atoms with Gasteiger partial charge in [0.2, 0.25) is 0 Å². The number of hydrogen-bond donors (Lipinski definition) is 2. The summed E-state index contributed by atoms with van der Waals surface area (Å²) < 4.78 is 0. The lowest BCUT2D eigenvalue weighted by Crippen LogP contribution is -2.28. The normalized spacial score (nSPS) is 24.1. The Hall–Kier alpha value is -1.55. The van der Waals surface area contributed by atoms with E-state index in [4.69, 9.17) is 5.11 Å². The molecule has 1 aromatic carbocycles. The van der Waals surface area contributed by atoms with Gasteiger partial charge >= 0.3 is 5.97 Å². The van der Waals surface area contributed by atoms with Gasteiger partial charge in [-0.1, -0.05) is 12.1 Å². The van der Waals surface area contributed by atoms with Crippen LogP contribution in [0.2, 0.25) is 0 Å². The topological polar surface area (TPSA) is 52.6 Å². The number of carbonyl (C=O) groups is 1. The number of rotatable bonds is 4. The second-order valence-corrected chi connectivity index (χ2v) is 5.21. The van der Waals surface area contributed by atoms with Crippen LogP contribution in [0.3, 0.4) is 0 Å². The van der Waals surface area contributed by atoms with Crippen molar-refractivity contribution in [3.8, 4) is 0 Å². The fourth-order valence-corrected chi connectivity index (χ4v) is 2.69. The van der Waals surface area contributed by atoms with Gasteiger partial charge in [0.15, 0.2) is 0 Å². The summed E-state index contributed by atoms with van der Waals surface area (Å²) in [5.41, 5.74) is 1.11. The smallest absolute Gasteiger partial charge is 0.337 e. The Morgan fingerprint density at radius 1 is 1.28 bits per heavy atom. The van der Waals surface area contributed by atoms with E-state index in [0.29, 0.717) is 11.6 Å². The van der Waals surface area contributed by atoms with Crippen LogP contribution in [0.4, 0.5) is 5.69 Å². The molecular weight excluding hydrogens is 228 g/mol. The Morgan fingerprint density at radius 3 is 2.78 bits per heavy atom. The van der Waals surface area contributed by atoms with E-state index in [9.17, 15) is 4.79 Å². The predicted octanol–water partition coefficient (Wildman–Crippen LogP) is 2.03. The first kappa shape index (κ1) is 11.5. The summed E-state index contributed by atoms with van der Waals surface area (Å²) in [6, 6.07) is 8.32. The van der Waals surface area contributed by atoms with Crippen LogP contribution in [-0.2, 0) is 0 Å². The van der Waals surface area contributed by atoms with E-state index in [1.807, 2.05) is 12.1 Å². The number of anilines is 1. The zero-order chi connectivity index (χ0) is 12.5. The van der Waals surface area contributed by atoms with Crippen LogP contribution in [-0.4, -0.2) is 41.1 Å². The minimum absolute atomic E-state index is 0.363. The molecule has 0 amide bonds. The number of benzene rings is 1. The van der Waals surface area contributed by atoms with Gasteiger partial charge in [-0.3, -0.25) is 4.90 Å². The Bertz CT molecular complexity index is 457. The molecule has 0 radical (unpaired) electrons. The molecule has 2 fully saturated rings. The van der Waals surface area contributed by atoms with Crippen molar-refractivity contribution in [2.45, 2.75) is 31.3 Å². The number of likely N-dealkylation sites (tertiary alicyclic amines) is 1. The van der Waals surface area contributed by atoms with Crippen LogP contribution in [0.5, 0.6) is 0 Å². The van der Waals surface area contributed by atoms with E-state index in [1.165, 1.54) is 12.8 Å². The molecule has 3 rings (SSSR count). The average molecular weight is 246 g/mol. The van der Waals surface area contributed by atoms with Gasteiger partial charge in [0.05, 0.1) is 5.56 Å². The zero-order valence-corrected chi connectivity index (χ0v) is 10.3. The lowest BCUT2D eigenvalue weighted by Gasteiger charge is -2.17. The number of carboxylic acids is 1. The fraction of sp³-hybridized carbons (Fsp3) is 0.500. The summed E-state index contributed by atoms with van der Waals surface area (Å²) in [5, 5.41) is 12.5. The van der Waals surface area contributed by atoms with E-state index in [-0.39, 0.29) is 0 Å². The first-order valence-corrected chi connectivity index (χ1v) is 6.57. The van der Waals surface area contributed by atoms with E-state index in [2.05, 4.69) is 10.2 Å². The highest BCUT2D eigenvalue weighted by molar-refractivity contribution is 5.94. The molecule has 0 bridgehead atoms. The molecule has 1 aliphatic carbocycles. The molecule has 4 heteroatoms. The highest BCUT2D eigenvalue weighted by atomic mass is 16.4. The van der Waals surface area contributed by atoms with Gasteiger partial charge in [0.1, 0.15) is 0 Å². The Balaban J connectivity index is 1.67. The second kappa shape index (κ2) is 4.61. The van der Waals surface area contributed by atoms with Crippen molar-refractivity contribution < 1.29 is 9.90 Å². The highest BCUT2D eigenvalue weighted by Gasteiger charge is 2.34. The molecule has 1 aromatic rings. The molecule has 18 heavy (non-hydrogen) atoms. The van der Waals surface area contributed by atoms with Gasteiger partial charge in [0, 0.05) is 30.9 Å². The van der Waals surface area contributed by atoms with Gasteiger partial charge in [0.25, 0.3) is 0 Å². The number of hydrogen-bond acceptors (Lipinski definition) is 3. The first-order chi connectivity index (χ1) is 8.74. The van der Waals surface area contributed by atoms with Crippen LogP contribution in [0.1, 0.15) is 29.6 Å². The van der Waals surface area contributed by atoms with Gasteiger partial charge in [-0.05, 0) is 31.4 Å². The molecule has 1 saturated carbocycles. The third-order valence-corrected chi connectivity index (χ3v) is 3.80. The van der Waals surface area contributed by atoms with E-state index >= 15 is 0 Å². The van der Waals surface area contributed by atoms with E-state index in [1.54, 1.807) is 12.1 Å². The maximum absolute atomic E-state index is 11.1. The van der Waals surface area contributed by atoms with Crippen molar-refractivity contribution in [1.29, 1.82) is 0 Å². The molecule has 1 aliphatic heterocycles. The first-order valence-electron chi connectivity index (χ1n) is 6.57. The molecule has 2 aliphatic rings. The number of aromatic carboxylic acids is 1. The average Bonchev–Trinajstić information content (AvgIpc) is 3.11. The van der Waals surface area contributed by atoms with Crippen LogP contribution < -0.4 is 5.32 Å². The summed E-state index contributed by atoms with van der Waals surface area (Å²) in [6.45, 7) is 2.18. The van der Waals surface area contributed by atoms with Gasteiger partial charge in [-0.2, -0.15) is 0 Å². The molecule has 1 heterocycles. The minimum Gasteiger partial charge on any atom is -0.478 e. The maximum atomic E-state index is 11.1. The van der Waals surface area contributed by atoms with Gasteiger partial charge in [-0.15, -0.1) is 0 Å². The molecule has 2 N–H and O–H groups in total. The van der Waals surface area contributed by atoms with Crippen molar-refractivity contribution >= 4 is 11.7 Å². The lowest BCUT2D eigenvalue weighted by atomic mass is 10.1. The van der Waals surface area contributed by atoms with Crippen molar-refractivity contribution in [2.75, 3.05) is 18.4 Å². The van der Waals surface area contributed by atoms with Crippen molar-refractivity contribution in [3.63, 3.8) is 0 Å². The minimum atomic E-state index is -0.866. The van der Waals surface area contributed by atoms with Crippen LogP contribution in [0, 0.1) is 0 Å². The molecular formula is C14H18N2O2. The maximum Gasteiger partial charge on any atom is 0.337 e. The predicted molar refractivity (Wildman–Crippen MR) is 70.0 cm³/mol. The summed E-state index contributed by atoms with van der Waals surface area (Å²) in [4.78, 5) is 13.6. The fourth-order valence-electron chi connectivity index (χ4n) is 2.69. The number of para-hydroxylation sites is 1. The van der Waals surface area contributed by atoms with Gasteiger partial charge in [-0.25, -0.2) is 4.79 Å². The van der Waals surface area contributed by atoms with E-state index in [0.717, 1.165) is 31.2 Å².